The van der Waals surface area contributed by atoms with Gasteiger partial charge in [-0.15, -0.1) is 0 Å². The number of methoxy groups -OCH3 is 1. The van der Waals surface area contributed by atoms with E-state index >= 15 is 0 Å². The summed E-state index contributed by atoms with van der Waals surface area (Å²) in [5.74, 6) is 0.648. The van der Waals surface area contributed by atoms with Gasteiger partial charge in [-0.1, -0.05) is 6.92 Å². The highest BCUT2D eigenvalue weighted by Gasteiger charge is 2.30. The number of halogens is 1. The van der Waals surface area contributed by atoms with E-state index in [-0.39, 0.29) is 17.2 Å². The van der Waals surface area contributed by atoms with Crippen molar-refractivity contribution in [1.29, 1.82) is 0 Å². The van der Waals surface area contributed by atoms with Gasteiger partial charge in [0.05, 0.1) is 6.10 Å². The number of likely N-dealkylation sites (tertiary alicyclic amines) is 1. The van der Waals surface area contributed by atoms with Gasteiger partial charge in [0, 0.05) is 20.2 Å². The lowest BCUT2D eigenvalue weighted by Crippen LogP contribution is -2.46. The molecule has 0 bridgehead atoms. The predicted octanol–water partition coefficient (Wildman–Crippen LogP) is 2.43. The number of piperidine rings is 1. The van der Waals surface area contributed by atoms with Crippen molar-refractivity contribution in [2.24, 2.45) is 5.92 Å². The number of carbonyl (C=O) groups excluding carboxylic acids is 1. The number of carbonyl (C=O) groups is 1. The molecule has 1 fully saturated rings. The average molecular weight is 258 g/mol. The summed E-state index contributed by atoms with van der Waals surface area (Å²) in [7, 11) is 1.68. The Bertz CT molecular complexity index is 404. The molecule has 0 aliphatic carbocycles. The van der Waals surface area contributed by atoms with E-state index in [9.17, 15) is 4.79 Å². The van der Waals surface area contributed by atoms with Crippen LogP contribution in [0.4, 0.5) is 0 Å². The molecule has 0 saturated carbocycles. The van der Waals surface area contributed by atoms with E-state index in [4.69, 9.17) is 20.8 Å². The largest absolute Gasteiger partial charge is 0.440 e. The summed E-state index contributed by atoms with van der Waals surface area (Å²) in [5, 5.41) is 0.238. The highest BCUT2D eigenvalue weighted by molar-refractivity contribution is 6.29. The third-order valence-electron chi connectivity index (χ3n) is 3.26. The van der Waals surface area contributed by atoms with Crippen molar-refractivity contribution in [1.82, 2.24) is 4.90 Å². The molecular formula is C12H16ClNO3. The standard InChI is InChI=1S/C12H16ClNO3/c1-8-5-6-14(7-10(8)16-2)12(15)9-3-4-11(13)17-9/h3-4,8,10H,5-7H2,1-2H3. The molecule has 94 valence electrons. The number of ether oxygens (including phenoxy) is 1. The first-order chi connectivity index (χ1) is 8.11. The van der Waals surface area contributed by atoms with Gasteiger partial charge in [-0.05, 0) is 36.1 Å². The Morgan fingerprint density at radius 1 is 1.59 bits per heavy atom. The molecule has 1 aliphatic rings. The van der Waals surface area contributed by atoms with E-state index in [1.54, 1.807) is 24.1 Å². The molecule has 0 N–H and O–H groups in total. The highest BCUT2D eigenvalue weighted by atomic mass is 35.5. The second kappa shape index (κ2) is 5.10. The van der Waals surface area contributed by atoms with Gasteiger partial charge in [0.2, 0.25) is 0 Å². The number of hydrogen-bond acceptors (Lipinski definition) is 3. The molecule has 0 spiro atoms. The molecule has 1 aliphatic heterocycles. The van der Waals surface area contributed by atoms with Crippen LogP contribution in [0.3, 0.4) is 0 Å². The van der Waals surface area contributed by atoms with Gasteiger partial charge in [0.1, 0.15) is 0 Å². The Morgan fingerprint density at radius 2 is 2.35 bits per heavy atom. The van der Waals surface area contributed by atoms with Crippen LogP contribution in [-0.4, -0.2) is 37.1 Å². The summed E-state index contributed by atoms with van der Waals surface area (Å²) in [6.07, 6.45) is 1.04. The minimum atomic E-state index is -0.120. The molecule has 2 unspecified atom stereocenters. The summed E-state index contributed by atoms with van der Waals surface area (Å²) in [5.41, 5.74) is 0. The Hall–Kier alpha value is -1.00. The highest BCUT2D eigenvalue weighted by Crippen LogP contribution is 2.22. The topological polar surface area (TPSA) is 42.7 Å². The molecule has 2 rings (SSSR count). The minimum Gasteiger partial charge on any atom is -0.440 e. The molecule has 1 amide bonds. The van der Waals surface area contributed by atoms with Crippen LogP contribution in [0.2, 0.25) is 5.22 Å². The number of furan rings is 1. The first-order valence-electron chi connectivity index (χ1n) is 5.69. The molecule has 5 heteroatoms. The maximum absolute atomic E-state index is 12.1. The number of nitrogens with zero attached hydrogens (tertiary/aromatic N) is 1. The monoisotopic (exact) mass is 257 g/mol. The second-order valence-corrected chi connectivity index (χ2v) is 4.77. The lowest BCUT2D eigenvalue weighted by atomic mass is 9.95. The molecule has 0 radical (unpaired) electrons. The fourth-order valence-electron chi connectivity index (χ4n) is 2.11. The van der Waals surface area contributed by atoms with Crippen molar-refractivity contribution in [2.45, 2.75) is 19.4 Å². The first kappa shape index (κ1) is 12.5. The van der Waals surface area contributed by atoms with E-state index in [1.165, 1.54) is 0 Å². The Morgan fingerprint density at radius 3 is 2.94 bits per heavy atom. The van der Waals surface area contributed by atoms with Crippen molar-refractivity contribution in [3.05, 3.63) is 23.1 Å². The minimum absolute atomic E-state index is 0.0955. The van der Waals surface area contributed by atoms with Gasteiger partial charge in [-0.3, -0.25) is 4.79 Å². The predicted molar refractivity (Wildman–Crippen MR) is 64.2 cm³/mol. The summed E-state index contributed by atoms with van der Waals surface area (Å²) >= 11 is 5.66. The summed E-state index contributed by atoms with van der Waals surface area (Å²) in [6, 6.07) is 3.18. The molecule has 1 aromatic rings. The molecule has 1 aromatic heterocycles. The molecule has 2 heterocycles. The molecule has 0 aromatic carbocycles. The number of amides is 1. The van der Waals surface area contributed by atoms with Crippen LogP contribution in [0.15, 0.2) is 16.5 Å². The molecule has 2 atom stereocenters. The van der Waals surface area contributed by atoms with Crippen LogP contribution < -0.4 is 0 Å². The van der Waals surface area contributed by atoms with E-state index in [0.29, 0.717) is 18.2 Å². The van der Waals surface area contributed by atoms with Crippen LogP contribution in [0.25, 0.3) is 0 Å². The quantitative estimate of drug-likeness (QED) is 0.817. The Kier molecular flexibility index (Phi) is 3.74. The molecule has 4 nitrogen and oxygen atoms in total. The smallest absolute Gasteiger partial charge is 0.289 e. The van der Waals surface area contributed by atoms with Crippen molar-refractivity contribution in [3.63, 3.8) is 0 Å². The zero-order valence-corrected chi connectivity index (χ0v) is 10.7. The fraction of sp³-hybridized carbons (Fsp3) is 0.583. The van der Waals surface area contributed by atoms with Crippen LogP contribution in [0.5, 0.6) is 0 Å². The third kappa shape index (κ3) is 2.64. The van der Waals surface area contributed by atoms with Gasteiger partial charge in [-0.2, -0.15) is 0 Å². The maximum Gasteiger partial charge on any atom is 0.289 e. The van der Waals surface area contributed by atoms with Gasteiger partial charge in [-0.25, -0.2) is 0 Å². The lowest BCUT2D eigenvalue weighted by Gasteiger charge is -2.35. The Labute approximate surface area is 105 Å². The van der Waals surface area contributed by atoms with Gasteiger partial charge in [0.15, 0.2) is 11.0 Å². The summed E-state index contributed by atoms with van der Waals surface area (Å²) in [4.78, 5) is 13.9. The normalized spacial score (nSPS) is 25.0. The second-order valence-electron chi connectivity index (χ2n) is 4.40. The third-order valence-corrected chi connectivity index (χ3v) is 3.47. The van der Waals surface area contributed by atoms with Crippen LogP contribution in [0.1, 0.15) is 23.9 Å². The SMILES string of the molecule is COC1CN(C(=O)c2ccc(Cl)o2)CCC1C. The van der Waals surface area contributed by atoms with E-state index < -0.39 is 0 Å². The van der Waals surface area contributed by atoms with Gasteiger partial charge in [0.25, 0.3) is 5.91 Å². The Balaban J connectivity index is 2.05. The van der Waals surface area contributed by atoms with E-state index in [1.807, 2.05) is 0 Å². The van der Waals surface area contributed by atoms with Crippen molar-refractivity contribution in [3.8, 4) is 0 Å². The zero-order chi connectivity index (χ0) is 12.4. The lowest BCUT2D eigenvalue weighted by molar-refractivity contribution is -0.00261. The molecule has 1 saturated heterocycles. The van der Waals surface area contributed by atoms with Crippen LogP contribution in [0, 0.1) is 5.92 Å². The molecule has 17 heavy (non-hydrogen) atoms. The summed E-state index contributed by atoms with van der Waals surface area (Å²) < 4.78 is 10.5. The average Bonchev–Trinajstić information content (AvgIpc) is 2.75. The van der Waals surface area contributed by atoms with Crippen molar-refractivity contribution in [2.75, 3.05) is 20.2 Å². The van der Waals surface area contributed by atoms with E-state index in [2.05, 4.69) is 6.92 Å². The fourth-order valence-corrected chi connectivity index (χ4v) is 2.26. The van der Waals surface area contributed by atoms with Crippen LogP contribution in [-0.2, 0) is 4.74 Å². The van der Waals surface area contributed by atoms with Crippen molar-refractivity contribution < 1.29 is 13.9 Å². The zero-order valence-electron chi connectivity index (χ0n) is 9.98. The van der Waals surface area contributed by atoms with Crippen LogP contribution >= 0.6 is 11.6 Å². The number of rotatable bonds is 2. The van der Waals surface area contributed by atoms with Gasteiger partial charge < -0.3 is 14.1 Å². The molecular weight excluding hydrogens is 242 g/mol. The van der Waals surface area contributed by atoms with Gasteiger partial charge >= 0.3 is 0 Å². The number of hydrogen-bond donors (Lipinski definition) is 0. The maximum atomic E-state index is 12.1. The first-order valence-corrected chi connectivity index (χ1v) is 6.07. The van der Waals surface area contributed by atoms with Crippen molar-refractivity contribution >= 4 is 17.5 Å². The summed E-state index contributed by atoms with van der Waals surface area (Å²) in [6.45, 7) is 3.48. The van der Waals surface area contributed by atoms with E-state index in [0.717, 1.165) is 13.0 Å².